The number of benzene rings is 8. The van der Waals surface area contributed by atoms with Crippen molar-refractivity contribution in [3.05, 3.63) is 187 Å². The molecule has 0 spiro atoms. The molecule has 0 aliphatic heterocycles. The lowest BCUT2D eigenvalue weighted by Crippen LogP contribution is -2.10. The van der Waals surface area contributed by atoms with Crippen LogP contribution in [0.5, 0.6) is 0 Å². The van der Waals surface area contributed by atoms with Gasteiger partial charge in [-0.05, 0) is 104 Å². The molecule has 0 amide bonds. The second-order valence-corrected chi connectivity index (χ2v) is 17.8. The van der Waals surface area contributed by atoms with Crippen LogP contribution in [0.1, 0.15) is 52.7 Å². The van der Waals surface area contributed by atoms with Crippen LogP contribution in [0.2, 0.25) is 0 Å². The van der Waals surface area contributed by atoms with Gasteiger partial charge in [0.05, 0.1) is 5.39 Å². The Balaban J connectivity index is 1.03. The van der Waals surface area contributed by atoms with Crippen LogP contribution in [0, 0.1) is 0 Å². The van der Waals surface area contributed by atoms with E-state index in [1.54, 1.807) is 0 Å². The standard InChI is InChI=1S/C56H47NO2/c1-55(2,3)41-24-14-36(15-25-41)38-18-28-43(29-19-38)57(44-30-20-39(21-31-44)37-16-26-42(27-17-37)56(4,5)6)45-32-22-40(23-33-45)46-11-9-12-47-48-34-35-51-52(54(48)59-53(46)47)49-10-7-8-13-50(49)58-51/h7-35H,1-6H3. The molecule has 0 fully saturated rings. The summed E-state index contributed by atoms with van der Waals surface area (Å²) < 4.78 is 13.0. The minimum Gasteiger partial charge on any atom is -0.456 e. The average Bonchev–Trinajstić information content (AvgIpc) is 3.83. The minimum atomic E-state index is 0.116. The van der Waals surface area contributed by atoms with Crippen molar-refractivity contribution in [1.82, 2.24) is 0 Å². The van der Waals surface area contributed by atoms with Gasteiger partial charge in [-0.1, -0.05) is 163 Å². The SMILES string of the molecule is CC(C)(C)c1ccc(-c2ccc(N(c3ccc(-c4ccc(C(C)(C)C)cc4)cc3)c3ccc(-c4cccc5c4oc4c5ccc5oc6ccccc6c54)cc3)cc2)cc1. The number of nitrogens with zero attached hydrogens (tertiary/aromatic N) is 1. The highest BCUT2D eigenvalue weighted by Crippen LogP contribution is 2.43. The summed E-state index contributed by atoms with van der Waals surface area (Å²) in [6.45, 7) is 13.5. The van der Waals surface area contributed by atoms with Crippen LogP contribution in [0.4, 0.5) is 17.1 Å². The molecule has 288 valence electrons. The maximum Gasteiger partial charge on any atom is 0.147 e. The van der Waals surface area contributed by atoms with Crippen LogP contribution in [0.3, 0.4) is 0 Å². The molecule has 0 atom stereocenters. The summed E-state index contributed by atoms with van der Waals surface area (Å²) in [7, 11) is 0. The average molecular weight is 766 g/mol. The molecule has 2 heterocycles. The van der Waals surface area contributed by atoms with E-state index in [4.69, 9.17) is 8.83 Å². The Labute approximate surface area is 346 Å². The van der Waals surface area contributed by atoms with Crippen LogP contribution in [0.15, 0.2) is 185 Å². The third-order valence-corrected chi connectivity index (χ3v) is 11.9. The zero-order valence-corrected chi connectivity index (χ0v) is 34.5. The summed E-state index contributed by atoms with van der Waals surface area (Å²) in [6, 6.07) is 63.5. The first-order chi connectivity index (χ1) is 28.5. The molecule has 0 N–H and O–H groups in total. The molecule has 0 aliphatic rings. The molecule has 59 heavy (non-hydrogen) atoms. The second-order valence-electron chi connectivity index (χ2n) is 17.8. The third-order valence-electron chi connectivity index (χ3n) is 11.9. The smallest absolute Gasteiger partial charge is 0.147 e. The predicted octanol–water partition coefficient (Wildman–Crippen LogP) is 16.6. The van der Waals surface area contributed by atoms with Crippen molar-refractivity contribution < 1.29 is 8.83 Å². The molecule has 3 heteroatoms. The quantitative estimate of drug-likeness (QED) is 0.169. The Hall–Kier alpha value is -6.84. The van der Waals surface area contributed by atoms with E-state index < -0.39 is 0 Å². The van der Waals surface area contributed by atoms with Gasteiger partial charge in [0.25, 0.3) is 0 Å². The van der Waals surface area contributed by atoms with Crippen molar-refractivity contribution in [2.45, 2.75) is 52.4 Å². The number of rotatable bonds is 6. The number of hydrogen-bond acceptors (Lipinski definition) is 3. The molecule has 0 bridgehead atoms. The number of furan rings is 2. The van der Waals surface area contributed by atoms with Gasteiger partial charge in [0.2, 0.25) is 0 Å². The van der Waals surface area contributed by atoms with Gasteiger partial charge in [0, 0.05) is 38.8 Å². The molecule has 10 rings (SSSR count). The van der Waals surface area contributed by atoms with Crippen molar-refractivity contribution in [1.29, 1.82) is 0 Å². The molecule has 10 aromatic rings. The van der Waals surface area contributed by atoms with Gasteiger partial charge in [0.15, 0.2) is 0 Å². The highest BCUT2D eigenvalue weighted by molar-refractivity contribution is 6.23. The van der Waals surface area contributed by atoms with Gasteiger partial charge in [-0.2, -0.15) is 0 Å². The first kappa shape index (κ1) is 36.5. The van der Waals surface area contributed by atoms with Crippen molar-refractivity contribution >= 4 is 60.9 Å². The monoisotopic (exact) mass is 765 g/mol. The molecule has 0 saturated heterocycles. The minimum absolute atomic E-state index is 0.116. The summed E-state index contributed by atoms with van der Waals surface area (Å²) >= 11 is 0. The molecule has 3 nitrogen and oxygen atoms in total. The normalized spacial score (nSPS) is 12.2. The second kappa shape index (κ2) is 13.9. The van der Waals surface area contributed by atoms with Crippen molar-refractivity contribution in [2.24, 2.45) is 0 Å². The van der Waals surface area contributed by atoms with Gasteiger partial charge in [-0.3, -0.25) is 0 Å². The molecule has 0 unspecified atom stereocenters. The fourth-order valence-electron chi connectivity index (χ4n) is 8.46. The highest BCUT2D eigenvalue weighted by Gasteiger charge is 2.20. The number of hydrogen-bond donors (Lipinski definition) is 0. The lowest BCUT2D eigenvalue weighted by atomic mass is 9.86. The Morgan fingerprint density at radius 2 is 0.780 bits per heavy atom. The molecule has 2 aromatic heterocycles. The zero-order valence-electron chi connectivity index (χ0n) is 34.5. The van der Waals surface area contributed by atoms with Gasteiger partial charge < -0.3 is 13.7 Å². The van der Waals surface area contributed by atoms with E-state index in [1.165, 1.54) is 33.4 Å². The Kier molecular flexibility index (Phi) is 8.61. The first-order valence-corrected chi connectivity index (χ1v) is 20.6. The van der Waals surface area contributed by atoms with Gasteiger partial charge >= 0.3 is 0 Å². The summed E-state index contributed by atoms with van der Waals surface area (Å²) in [6.07, 6.45) is 0. The van der Waals surface area contributed by atoms with Gasteiger partial charge in [-0.15, -0.1) is 0 Å². The predicted molar refractivity (Wildman–Crippen MR) is 249 cm³/mol. The molecule has 0 aliphatic carbocycles. The third kappa shape index (κ3) is 6.57. The Morgan fingerprint density at radius 1 is 0.339 bits per heavy atom. The van der Waals surface area contributed by atoms with Gasteiger partial charge in [0.1, 0.15) is 22.3 Å². The van der Waals surface area contributed by atoms with Crippen molar-refractivity contribution in [3.63, 3.8) is 0 Å². The van der Waals surface area contributed by atoms with Crippen LogP contribution in [0.25, 0.3) is 77.3 Å². The van der Waals surface area contributed by atoms with Crippen LogP contribution in [-0.2, 0) is 10.8 Å². The van der Waals surface area contributed by atoms with E-state index >= 15 is 0 Å². The molecule has 8 aromatic carbocycles. The lowest BCUT2D eigenvalue weighted by molar-refractivity contribution is 0.590. The van der Waals surface area contributed by atoms with Crippen LogP contribution >= 0.6 is 0 Å². The van der Waals surface area contributed by atoms with Crippen LogP contribution in [-0.4, -0.2) is 0 Å². The largest absolute Gasteiger partial charge is 0.456 e. The van der Waals surface area contributed by atoms with E-state index in [0.717, 1.165) is 72.1 Å². The van der Waals surface area contributed by atoms with E-state index in [9.17, 15) is 0 Å². The maximum absolute atomic E-state index is 6.80. The zero-order chi connectivity index (χ0) is 40.5. The first-order valence-electron chi connectivity index (χ1n) is 20.6. The van der Waals surface area contributed by atoms with E-state index in [1.807, 2.05) is 12.1 Å². The molecular formula is C56H47NO2. The fraction of sp³-hybridized carbons (Fsp3) is 0.143. The topological polar surface area (TPSA) is 29.5 Å². The van der Waals surface area contributed by atoms with E-state index in [0.29, 0.717) is 0 Å². The van der Waals surface area contributed by atoms with Gasteiger partial charge in [-0.25, -0.2) is 0 Å². The lowest BCUT2D eigenvalue weighted by Gasteiger charge is -2.26. The summed E-state index contributed by atoms with van der Waals surface area (Å²) in [5.41, 5.74) is 16.5. The van der Waals surface area contributed by atoms with Crippen molar-refractivity contribution in [3.8, 4) is 33.4 Å². The number of fused-ring (bicyclic) bond motifs is 7. The van der Waals surface area contributed by atoms with E-state index in [-0.39, 0.29) is 10.8 Å². The highest BCUT2D eigenvalue weighted by atomic mass is 16.3. The van der Waals surface area contributed by atoms with E-state index in [2.05, 4.69) is 210 Å². The Bertz CT molecular complexity index is 3010. The maximum atomic E-state index is 6.80. The molecule has 0 saturated carbocycles. The number of anilines is 3. The summed E-state index contributed by atoms with van der Waals surface area (Å²) in [5.74, 6) is 0. The fourth-order valence-corrected chi connectivity index (χ4v) is 8.46. The van der Waals surface area contributed by atoms with Crippen LogP contribution < -0.4 is 4.90 Å². The van der Waals surface area contributed by atoms with Crippen molar-refractivity contribution in [2.75, 3.05) is 4.90 Å². The summed E-state index contributed by atoms with van der Waals surface area (Å²) in [5, 5.41) is 4.27. The number of para-hydroxylation sites is 2. The molecular weight excluding hydrogens is 719 g/mol. The molecule has 0 radical (unpaired) electrons. The summed E-state index contributed by atoms with van der Waals surface area (Å²) in [4.78, 5) is 2.34. The Morgan fingerprint density at radius 3 is 1.29 bits per heavy atom.